The minimum absolute atomic E-state index is 0. The lowest BCUT2D eigenvalue weighted by Gasteiger charge is -2.09. The Bertz CT molecular complexity index is 751. The number of nitrogens with one attached hydrogen (secondary N) is 2. The third-order valence-electron chi connectivity index (χ3n) is 3.84. The lowest BCUT2D eigenvalue weighted by molar-refractivity contribution is -0.117. The summed E-state index contributed by atoms with van der Waals surface area (Å²) in [5, 5.41) is 5.89. The van der Waals surface area contributed by atoms with Gasteiger partial charge in [0.2, 0.25) is 5.91 Å². The maximum atomic E-state index is 12.7. The highest BCUT2D eigenvalue weighted by Crippen LogP contribution is 2.16. The van der Waals surface area contributed by atoms with E-state index < -0.39 is 0 Å². The van der Waals surface area contributed by atoms with Crippen LogP contribution in [0.4, 0.5) is 5.69 Å². The van der Waals surface area contributed by atoms with Gasteiger partial charge in [0.1, 0.15) is 5.69 Å². The van der Waals surface area contributed by atoms with Gasteiger partial charge in [0.05, 0.1) is 17.4 Å². The van der Waals surface area contributed by atoms with Gasteiger partial charge in [0, 0.05) is 18.7 Å². The molecule has 0 bridgehead atoms. The summed E-state index contributed by atoms with van der Waals surface area (Å²) in [4.78, 5) is 24.9. The number of halogens is 1. The van der Waals surface area contributed by atoms with Gasteiger partial charge in [-0.25, -0.2) is 4.68 Å². The Morgan fingerprint density at radius 2 is 2.04 bits per heavy atom. The molecular weight excluding hydrogens is 336 g/mol. The maximum Gasteiger partial charge on any atom is 0.295 e. The van der Waals surface area contributed by atoms with Gasteiger partial charge in [0.15, 0.2) is 0 Å². The molecule has 0 aliphatic carbocycles. The lowest BCUT2D eigenvalue weighted by atomic mass is 10.3. The number of anilines is 1. The molecule has 1 aromatic carbocycles. The first-order chi connectivity index (χ1) is 10.6. The van der Waals surface area contributed by atoms with Crippen LogP contribution in [0.25, 0.3) is 5.69 Å². The summed E-state index contributed by atoms with van der Waals surface area (Å²) in [6.45, 7) is 1.83. The third kappa shape index (κ3) is 3.31. The van der Waals surface area contributed by atoms with Crippen LogP contribution in [0.5, 0.6) is 0 Å². The average molecular weight is 355 g/mol. The van der Waals surface area contributed by atoms with Crippen molar-refractivity contribution < 1.29 is 4.79 Å². The fourth-order valence-corrected chi connectivity index (χ4v) is 3.43. The molecule has 8 heteroatoms. The Balaban J connectivity index is 0.00000192. The normalized spacial score (nSPS) is 16.9. The molecule has 1 amide bonds. The minimum atomic E-state index is -0.241. The van der Waals surface area contributed by atoms with Crippen LogP contribution in [-0.2, 0) is 11.8 Å². The standard InChI is InChI=1S/C15H18N4O2S.ClH/c1-10-13(17-14(20)12-8-22-9-16-12)15(21)19(18(10)2)11-6-4-3-5-7-11;/h3-7,12,16H,8-9H2,1-2H3,(H,17,20);1H. The Morgan fingerprint density at radius 3 is 2.65 bits per heavy atom. The van der Waals surface area contributed by atoms with Gasteiger partial charge in [-0.15, -0.1) is 24.2 Å². The molecular formula is C15H19ClN4O2S. The number of hydrogen-bond donors (Lipinski definition) is 2. The zero-order valence-corrected chi connectivity index (χ0v) is 14.5. The molecule has 2 N–H and O–H groups in total. The van der Waals surface area contributed by atoms with Crippen molar-refractivity contribution in [3.63, 3.8) is 0 Å². The van der Waals surface area contributed by atoms with Crippen LogP contribution in [-0.4, -0.2) is 32.9 Å². The zero-order valence-electron chi connectivity index (χ0n) is 12.9. The van der Waals surface area contributed by atoms with Crippen LogP contribution < -0.4 is 16.2 Å². The highest BCUT2D eigenvalue weighted by Gasteiger charge is 2.25. The first kappa shape index (κ1) is 17.7. The van der Waals surface area contributed by atoms with Crippen molar-refractivity contribution in [2.45, 2.75) is 13.0 Å². The molecule has 1 unspecified atom stereocenters. The predicted molar refractivity (Wildman–Crippen MR) is 95.9 cm³/mol. The molecule has 1 saturated heterocycles. The summed E-state index contributed by atoms with van der Waals surface area (Å²) in [5.74, 6) is 1.33. The van der Waals surface area contributed by atoms with Crippen molar-refractivity contribution in [1.29, 1.82) is 0 Å². The number of carbonyl (C=O) groups excluding carboxylic acids is 1. The fourth-order valence-electron chi connectivity index (χ4n) is 2.49. The smallest absolute Gasteiger partial charge is 0.295 e. The van der Waals surface area contributed by atoms with Crippen molar-refractivity contribution in [3.05, 3.63) is 46.4 Å². The SMILES string of the molecule is Cc1c(NC(=O)C2CSCN2)c(=O)n(-c2ccccc2)n1C.Cl. The summed E-state index contributed by atoms with van der Waals surface area (Å²) in [6.07, 6.45) is 0. The number of carbonyl (C=O) groups is 1. The number of nitrogens with zero attached hydrogens (tertiary/aromatic N) is 2. The molecule has 6 nitrogen and oxygen atoms in total. The molecule has 2 aromatic rings. The van der Waals surface area contributed by atoms with Crippen LogP contribution in [0.15, 0.2) is 35.1 Å². The molecule has 1 aromatic heterocycles. The van der Waals surface area contributed by atoms with Crippen molar-refractivity contribution in [2.75, 3.05) is 16.9 Å². The van der Waals surface area contributed by atoms with Gasteiger partial charge >= 0.3 is 0 Å². The summed E-state index contributed by atoms with van der Waals surface area (Å²) in [5.41, 5.74) is 1.63. The number of rotatable bonds is 3. The molecule has 1 atom stereocenters. The van der Waals surface area contributed by atoms with Gasteiger partial charge in [-0.2, -0.15) is 0 Å². The molecule has 0 saturated carbocycles. The van der Waals surface area contributed by atoms with E-state index in [1.807, 2.05) is 44.3 Å². The van der Waals surface area contributed by atoms with E-state index in [1.54, 1.807) is 21.1 Å². The minimum Gasteiger partial charge on any atom is -0.319 e. The van der Waals surface area contributed by atoms with E-state index in [0.717, 1.165) is 23.0 Å². The van der Waals surface area contributed by atoms with Crippen LogP contribution in [0.3, 0.4) is 0 Å². The third-order valence-corrected chi connectivity index (χ3v) is 4.78. The number of thioether (sulfide) groups is 1. The first-order valence-electron chi connectivity index (χ1n) is 7.05. The van der Waals surface area contributed by atoms with E-state index in [1.165, 1.54) is 0 Å². The van der Waals surface area contributed by atoms with Gasteiger partial charge in [-0.05, 0) is 19.1 Å². The molecule has 124 valence electrons. The summed E-state index contributed by atoms with van der Waals surface area (Å²) >= 11 is 1.67. The molecule has 2 heterocycles. The van der Waals surface area contributed by atoms with E-state index in [0.29, 0.717) is 5.69 Å². The topological polar surface area (TPSA) is 68.1 Å². The first-order valence-corrected chi connectivity index (χ1v) is 8.21. The summed E-state index contributed by atoms with van der Waals surface area (Å²) in [7, 11) is 1.81. The van der Waals surface area contributed by atoms with E-state index in [9.17, 15) is 9.59 Å². The number of amides is 1. The second kappa shape index (κ2) is 7.25. The predicted octanol–water partition coefficient (Wildman–Crippen LogP) is 1.51. The van der Waals surface area contributed by atoms with Crippen molar-refractivity contribution in [3.8, 4) is 5.69 Å². The largest absolute Gasteiger partial charge is 0.319 e. The molecule has 1 fully saturated rings. The van der Waals surface area contributed by atoms with Gasteiger partial charge in [-0.3, -0.25) is 19.6 Å². The highest BCUT2D eigenvalue weighted by atomic mass is 35.5. The van der Waals surface area contributed by atoms with Crippen LogP contribution >= 0.6 is 24.2 Å². The Labute approximate surface area is 144 Å². The average Bonchev–Trinajstić information content (AvgIpc) is 3.13. The van der Waals surface area contributed by atoms with Crippen molar-refractivity contribution >= 4 is 35.8 Å². The molecule has 0 spiro atoms. The fraction of sp³-hybridized carbons (Fsp3) is 0.333. The van der Waals surface area contributed by atoms with E-state index in [2.05, 4.69) is 10.6 Å². The Hall–Kier alpha value is -1.70. The van der Waals surface area contributed by atoms with Gasteiger partial charge in [0.25, 0.3) is 5.56 Å². The van der Waals surface area contributed by atoms with E-state index in [4.69, 9.17) is 0 Å². The Morgan fingerprint density at radius 1 is 1.35 bits per heavy atom. The highest BCUT2D eigenvalue weighted by molar-refractivity contribution is 7.99. The van der Waals surface area contributed by atoms with Crippen LogP contribution in [0, 0.1) is 6.92 Å². The second-order valence-electron chi connectivity index (χ2n) is 5.20. The van der Waals surface area contributed by atoms with Crippen molar-refractivity contribution in [2.24, 2.45) is 7.05 Å². The van der Waals surface area contributed by atoms with Crippen molar-refractivity contribution in [1.82, 2.24) is 14.7 Å². The van der Waals surface area contributed by atoms with Crippen LogP contribution in [0.2, 0.25) is 0 Å². The molecule has 1 aliphatic rings. The number of para-hydroxylation sites is 1. The molecule has 0 radical (unpaired) electrons. The number of benzene rings is 1. The van der Waals surface area contributed by atoms with Gasteiger partial charge < -0.3 is 5.32 Å². The zero-order chi connectivity index (χ0) is 15.7. The molecule has 3 rings (SSSR count). The summed E-state index contributed by atoms with van der Waals surface area (Å²) in [6, 6.07) is 9.14. The van der Waals surface area contributed by atoms with E-state index >= 15 is 0 Å². The number of aromatic nitrogens is 2. The summed E-state index contributed by atoms with van der Waals surface area (Å²) < 4.78 is 3.31. The second-order valence-corrected chi connectivity index (χ2v) is 6.23. The Kier molecular flexibility index (Phi) is 5.56. The monoisotopic (exact) mass is 354 g/mol. The molecule has 1 aliphatic heterocycles. The maximum absolute atomic E-state index is 12.7. The number of hydrogen-bond acceptors (Lipinski definition) is 4. The lowest BCUT2D eigenvalue weighted by Crippen LogP contribution is -2.38. The quantitative estimate of drug-likeness (QED) is 0.876. The van der Waals surface area contributed by atoms with Gasteiger partial charge in [-0.1, -0.05) is 18.2 Å². The van der Waals surface area contributed by atoms with Crippen LogP contribution in [0.1, 0.15) is 5.69 Å². The van der Waals surface area contributed by atoms with E-state index in [-0.39, 0.29) is 29.9 Å². The molecule has 23 heavy (non-hydrogen) atoms.